The fraction of sp³-hybridized carbons (Fsp3) is 0.267. The summed E-state index contributed by atoms with van der Waals surface area (Å²) in [5, 5.41) is 0. The van der Waals surface area contributed by atoms with Crippen LogP contribution in [0.2, 0.25) is 0 Å². The Labute approximate surface area is 121 Å². The number of carbonyl (C=O) groups is 3. The zero-order chi connectivity index (χ0) is 15.2. The molecule has 110 valence electrons. The Balaban J connectivity index is 2.02. The SMILES string of the molecule is COC[C@H](C(=O)OCc1ccccc1)N1C(=O)C=CC1=O. The van der Waals surface area contributed by atoms with Crippen molar-refractivity contribution in [1.29, 1.82) is 0 Å². The van der Waals surface area contributed by atoms with Gasteiger partial charge in [-0.25, -0.2) is 4.79 Å². The van der Waals surface area contributed by atoms with E-state index in [1.807, 2.05) is 30.3 Å². The molecule has 0 fully saturated rings. The minimum atomic E-state index is -1.08. The summed E-state index contributed by atoms with van der Waals surface area (Å²) in [5.41, 5.74) is 0.819. The van der Waals surface area contributed by atoms with Gasteiger partial charge in [0.15, 0.2) is 6.04 Å². The normalized spacial score (nSPS) is 15.4. The molecule has 1 atom stereocenters. The maximum absolute atomic E-state index is 12.1. The lowest BCUT2D eigenvalue weighted by atomic mass is 10.2. The molecule has 0 radical (unpaired) electrons. The van der Waals surface area contributed by atoms with Crippen LogP contribution in [0.15, 0.2) is 42.5 Å². The van der Waals surface area contributed by atoms with Gasteiger partial charge in [-0.05, 0) is 5.56 Å². The van der Waals surface area contributed by atoms with Crippen molar-refractivity contribution in [3.8, 4) is 0 Å². The van der Waals surface area contributed by atoms with Crippen molar-refractivity contribution in [2.24, 2.45) is 0 Å². The van der Waals surface area contributed by atoms with Crippen LogP contribution in [0.4, 0.5) is 0 Å². The zero-order valence-electron chi connectivity index (χ0n) is 11.5. The van der Waals surface area contributed by atoms with Gasteiger partial charge in [0.2, 0.25) is 0 Å². The Kier molecular flexibility index (Phi) is 4.84. The lowest BCUT2D eigenvalue weighted by Crippen LogP contribution is -2.48. The van der Waals surface area contributed by atoms with Gasteiger partial charge in [-0.2, -0.15) is 0 Å². The lowest BCUT2D eigenvalue weighted by Gasteiger charge is -2.23. The summed E-state index contributed by atoms with van der Waals surface area (Å²) in [7, 11) is 1.38. The van der Waals surface area contributed by atoms with E-state index in [4.69, 9.17) is 9.47 Å². The van der Waals surface area contributed by atoms with Crippen LogP contribution in [0.3, 0.4) is 0 Å². The van der Waals surface area contributed by atoms with Gasteiger partial charge in [0.25, 0.3) is 11.8 Å². The third-order valence-corrected chi connectivity index (χ3v) is 2.98. The Hall–Kier alpha value is -2.47. The van der Waals surface area contributed by atoms with Gasteiger partial charge in [-0.3, -0.25) is 14.5 Å². The lowest BCUT2D eigenvalue weighted by molar-refractivity contribution is -0.160. The average molecular weight is 289 g/mol. The molecule has 0 bridgehead atoms. The van der Waals surface area contributed by atoms with E-state index in [9.17, 15) is 14.4 Å². The van der Waals surface area contributed by atoms with E-state index in [0.717, 1.165) is 22.6 Å². The number of methoxy groups -OCH3 is 1. The predicted molar refractivity (Wildman–Crippen MR) is 72.9 cm³/mol. The summed E-state index contributed by atoms with van der Waals surface area (Å²) in [6, 6.07) is 8.06. The molecular formula is C15H15NO5. The molecule has 0 N–H and O–H groups in total. The molecule has 0 saturated carbocycles. The van der Waals surface area contributed by atoms with Gasteiger partial charge in [-0.1, -0.05) is 30.3 Å². The first-order valence-electron chi connectivity index (χ1n) is 6.38. The van der Waals surface area contributed by atoms with Gasteiger partial charge >= 0.3 is 5.97 Å². The summed E-state index contributed by atoms with van der Waals surface area (Å²) in [5.74, 6) is -1.76. The second-order valence-electron chi connectivity index (χ2n) is 4.44. The van der Waals surface area contributed by atoms with Crippen LogP contribution in [0.25, 0.3) is 0 Å². The Morgan fingerprint density at radius 1 is 1.14 bits per heavy atom. The van der Waals surface area contributed by atoms with Crippen molar-refractivity contribution in [3.63, 3.8) is 0 Å². The first-order valence-corrected chi connectivity index (χ1v) is 6.38. The van der Waals surface area contributed by atoms with Crippen LogP contribution in [-0.4, -0.2) is 42.4 Å². The highest BCUT2D eigenvalue weighted by molar-refractivity contribution is 6.14. The second-order valence-corrected chi connectivity index (χ2v) is 4.44. The monoisotopic (exact) mass is 289 g/mol. The molecule has 0 unspecified atom stereocenters. The number of esters is 1. The quantitative estimate of drug-likeness (QED) is 0.568. The van der Waals surface area contributed by atoms with Gasteiger partial charge in [0, 0.05) is 19.3 Å². The smallest absolute Gasteiger partial charge is 0.332 e. The summed E-state index contributed by atoms with van der Waals surface area (Å²) in [6.07, 6.45) is 2.24. The molecule has 1 aliphatic rings. The third-order valence-electron chi connectivity index (χ3n) is 2.98. The molecule has 1 heterocycles. The number of rotatable bonds is 6. The summed E-state index contributed by atoms with van der Waals surface area (Å²) in [6.45, 7) is -0.0314. The van der Waals surface area contributed by atoms with Crippen LogP contribution in [0.1, 0.15) is 5.56 Å². The maximum atomic E-state index is 12.1. The summed E-state index contributed by atoms with van der Waals surface area (Å²) >= 11 is 0. The number of hydrogen-bond donors (Lipinski definition) is 0. The molecule has 6 heteroatoms. The van der Waals surface area contributed by atoms with E-state index in [2.05, 4.69) is 0 Å². The van der Waals surface area contributed by atoms with Crippen molar-refractivity contribution >= 4 is 17.8 Å². The van der Waals surface area contributed by atoms with E-state index in [1.165, 1.54) is 7.11 Å². The number of imide groups is 1. The van der Waals surface area contributed by atoms with E-state index < -0.39 is 23.8 Å². The van der Waals surface area contributed by atoms with Crippen LogP contribution in [0.5, 0.6) is 0 Å². The fourth-order valence-corrected chi connectivity index (χ4v) is 1.95. The Bertz CT molecular complexity index is 549. The molecule has 2 amide bonds. The largest absolute Gasteiger partial charge is 0.459 e. The first kappa shape index (κ1) is 14.9. The molecule has 0 aromatic heterocycles. The van der Waals surface area contributed by atoms with Gasteiger partial charge in [0.05, 0.1) is 6.61 Å². The van der Waals surface area contributed by atoms with Crippen molar-refractivity contribution < 1.29 is 23.9 Å². The van der Waals surface area contributed by atoms with Gasteiger partial charge in [0.1, 0.15) is 6.61 Å². The first-order chi connectivity index (χ1) is 10.1. The fourth-order valence-electron chi connectivity index (χ4n) is 1.95. The zero-order valence-corrected chi connectivity index (χ0v) is 11.5. The van der Waals surface area contributed by atoms with E-state index in [1.54, 1.807) is 0 Å². The third kappa shape index (κ3) is 3.55. The minimum Gasteiger partial charge on any atom is -0.459 e. The Morgan fingerprint density at radius 2 is 1.76 bits per heavy atom. The topological polar surface area (TPSA) is 72.9 Å². The van der Waals surface area contributed by atoms with E-state index >= 15 is 0 Å². The van der Waals surface area contributed by atoms with Crippen molar-refractivity contribution in [1.82, 2.24) is 4.90 Å². The van der Waals surface area contributed by atoms with E-state index in [0.29, 0.717) is 0 Å². The molecule has 1 aromatic carbocycles. The van der Waals surface area contributed by atoms with Crippen LogP contribution in [-0.2, 0) is 30.5 Å². The molecule has 1 aliphatic heterocycles. The molecule has 21 heavy (non-hydrogen) atoms. The average Bonchev–Trinajstić information content (AvgIpc) is 2.83. The molecule has 0 saturated heterocycles. The maximum Gasteiger partial charge on any atom is 0.332 e. The second kappa shape index (κ2) is 6.81. The predicted octanol–water partition coefficient (Wildman–Crippen LogP) is 0.670. The van der Waals surface area contributed by atoms with Crippen LogP contribution < -0.4 is 0 Å². The molecule has 2 rings (SSSR count). The molecule has 0 aliphatic carbocycles. The van der Waals surface area contributed by atoms with Gasteiger partial charge in [-0.15, -0.1) is 0 Å². The number of hydrogen-bond acceptors (Lipinski definition) is 5. The molecule has 0 spiro atoms. The summed E-state index contributed by atoms with van der Waals surface area (Å²) < 4.78 is 10.1. The number of amides is 2. The summed E-state index contributed by atoms with van der Waals surface area (Å²) in [4.78, 5) is 36.2. The van der Waals surface area contributed by atoms with Crippen LogP contribution in [0, 0.1) is 0 Å². The highest BCUT2D eigenvalue weighted by atomic mass is 16.5. The number of benzene rings is 1. The number of nitrogens with zero attached hydrogens (tertiary/aromatic N) is 1. The highest BCUT2D eigenvalue weighted by Crippen LogP contribution is 2.12. The molecule has 6 nitrogen and oxygen atoms in total. The Morgan fingerprint density at radius 3 is 2.33 bits per heavy atom. The highest BCUT2D eigenvalue weighted by Gasteiger charge is 2.36. The van der Waals surface area contributed by atoms with Crippen molar-refractivity contribution in [2.45, 2.75) is 12.6 Å². The van der Waals surface area contributed by atoms with Gasteiger partial charge < -0.3 is 9.47 Å². The van der Waals surface area contributed by atoms with E-state index in [-0.39, 0.29) is 13.2 Å². The van der Waals surface area contributed by atoms with Crippen molar-refractivity contribution in [2.75, 3.05) is 13.7 Å². The number of ether oxygens (including phenoxy) is 2. The van der Waals surface area contributed by atoms with Crippen molar-refractivity contribution in [3.05, 3.63) is 48.0 Å². The number of carbonyl (C=O) groups excluding carboxylic acids is 3. The standard InChI is InChI=1S/C15H15NO5/c1-20-10-12(16-13(17)7-8-14(16)18)15(19)21-9-11-5-3-2-4-6-11/h2-8,12H,9-10H2,1H3/t12-/m1/s1. The molecule has 1 aromatic rings. The molecular weight excluding hydrogens is 274 g/mol. The van der Waals surface area contributed by atoms with Crippen LogP contribution >= 0.6 is 0 Å². The minimum absolute atomic E-state index is 0.0730.